The highest BCUT2D eigenvalue weighted by molar-refractivity contribution is 5.44. The van der Waals surface area contributed by atoms with Crippen LogP contribution in [0.3, 0.4) is 0 Å². The van der Waals surface area contributed by atoms with Crippen LogP contribution in [0.4, 0.5) is 8.78 Å². The van der Waals surface area contributed by atoms with Crippen molar-refractivity contribution in [2.75, 3.05) is 6.61 Å². The van der Waals surface area contributed by atoms with E-state index >= 15 is 0 Å². The van der Waals surface area contributed by atoms with Crippen molar-refractivity contribution in [3.63, 3.8) is 0 Å². The van der Waals surface area contributed by atoms with E-state index in [4.69, 9.17) is 14.7 Å². The minimum Gasteiger partial charge on any atom is -0.481 e. The number of fused-ring (bicyclic) bond motifs is 1. The number of nitrogens with zero attached hydrogens (tertiary/aromatic N) is 1. The Labute approximate surface area is 84.8 Å². The normalized spacial score (nSPS) is 23.3. The van der Waals surface area contributed by atoms with E-state index in [1.54, 1.807) is 0 Å². The minimum absolute atomic E-state index is 0.128. The molecular formula is C10H7F2NO2. The van der Waals surface area contributed by atoms with Gasteiger partial charge in [0, 0.05) is 0 Å². The molecule has 1 aromatic carbocycles. The van der Waals surface area contributed by atoms with Gasteiger partial charge in [0.05, 0.1) is 0 Å². The molecule has 0 unspecified atom stereocenters. The summed E-state index contributed by atoms with van der Waals surface area (Å²) >= 11 is 0. The molecule has 0 saturated heterocycles. The van der Waals surface area contributed by atoms with Gasteiger partial charge in [-0.3, -0.25) is 0 Å². The van der Waals surface area contributed by atoms with E-state index in [9.17, 15) is 8.78 Å². The maximum atomic E-state index is 13.2. The smallest absolute Gasteiger partial charge is 0.225 e. The Balaban J connectivity index is 2.51. The van der Waals surface area contributed by atoms with E-state index in [0.29, 0.717) is 0 Å². The van der Waals surface area contributed by atoms with Crippen molar-refractivity contribution in [3.05, 3.63) is 23.8 Å². The molecule has 2 rings (SSSR count). The molecule has 0 radical (unpaired) electrons. The van der Waals surface area contributed by atoms with Gasteiger partial charge in [-0.25, -0.2) is 8.78 Å². The Morgan fingerprint density at radius 1 is 1.33 bits per heavy atom. The lowest BCUT2D eigenvalue weighted by molar-refractivity contribution is 0.0421. The molecular weight excluding hydrogens is 204 g/mol. The van der Waals surface area contributed by atoms with Gasteiger partial charge in [0.1, 0.15) is 12.7 Å². The monoisotopic (exact) mass is 211 g/mol. The van der Waals surface area contributed by atoms with Gasteiger partial charge in [0.15, 0.2) is 17.4 Å². The topological polar surface area (TPSA) is 42.2 Å². The summed E-state index contributed by atoms with van der Waals surface area (Å²) in [5, 5.41) is 8.76. The van der Waals surface area contributed by atoms with Crippen LogP contribution in [-0.2, 0) is 0 Å². The van der Waals surface area contributed by atoms with E-state index in [1.807, 2.05) is 6.07 Å². The van der Waals surface area contributed by atoms with Gasteiger partial charge in [-0.15, -0.1) is 0 Å². The van der Waals surface area contributed by atoms with Gasteiger partial charge in [-0.1, -0.05) is 0 Å². The van der Waals surface area contributed by atoms with E-state index in [-0.39, 0.29) is 18.1 Å². The summed E-state index contributed by atoms with van der Waals surface area (Å²) in [6, 6.07) is 3.71. The largest absolute Gasteiger partial charge is 0.481 e. The van der Waals surface area contributed by atoms with Gasteiger partial charge in [0.25, 0.3) is 0 Å². The van der Waals surface area contributed by atoms with Crippen LogP contribution in [0.5, 0.6) is 11.5 Å². The third-order valence-electron chi connectivity index (χ3n) is 2.07. The summed E-state index contributed by atoms with van der Waals surface area (Å²) in [5.74, 6) is -2.06. The first-order valence-corrected chi connectivity index (χ1v) is 4.27. The molecule has 0 bridgehead atoms. The SMILES string of the molecule is C[C@@]1(C#N)COc2c(F)ccc(F)c2O1. The van der Waals surface area contributed by atoms with E-state index in [2.05, 4.69) is 0 Å². The zero-order valence-corrected chi connectivity index (χ0v) is 7.88. The Morgan fingerprint density at radius 3 is 2.53 bits per heavy atom. The number of halogens is 2. The second-order valence-corrected chi connectivity index (χ2v) is 3.42. The van der Waals surface area contributed by atoms with E-state index in [1.165, 1.54) is 6.92 Å². The van der Waals surface area contributed by atoms with Crippen molar-refractivity contribution in [2.24, 2.45) is 0 Å². The van der Waals surface area contributed by atoms with Crippen LogP contribution in [0, 0.1) is 23.0 Å². The summed E-state index contributed by atoms with van der Waals surface area (Å²) in [7, 11) is 0. The van der Waals surface area contributed by atoms with Crippen LogP contribution >= 0.6 is 0 Å². The lowest BCUT2D eigenvalue weighted by Crippen LogP contribution is -2.41. The molecule has 5 heteroatoms. The molecule has 1 atom stereocenters. The number of nitriles is 1. The fraction of sp³-hybridized carbons (Fsp3) is 0.300. The zero-order valence-electron chi connectivity index (χ0n) is 7.88. The molecule has 0 fully saturated rings. The molecule has 0 amide bonds. The lowest BCUT2D eigenvalue weighted by atomic mass is 10.1. The first-order valence-electron chi connectivity index (χ1n) is 4.27. The van der Waals surface area contributed by atoms with Crippen LogP contribution in [0.15, 0.2) is 12.1 Å². The first-order chi connectivity index (χ1) is 7.06. The fourth-order valence-electron chi connectivity index (χ4n) is 1.26. The minimum atomic E-state index is -1.28. The highest BCUT2D eigenvalue weighted by Gasteiger charge is 2.36. The van der Waals surface area contributed by atoms with Gasteiger partial charge in [0.2, 0.25) is 11.4 Å². The maximum absolute atomic E-state index is 13.2. The molecule has 1 aliphatic heterocycles. The second-order valence-electron chi connectivity index (χ2n) is 3.42. The van der Waals surface area contributed by atoms with Gasteiger partial charge in [-0.2, -0.15) is 5.26 Å². The molecule has 1 aliphatic rings. The van der Waals surface area contributed by atoms with Crippen LogP contribution < -0.4 is 9.47 Å². The predicted octanol–water partition coefficient (Wildman–Crippen LogP) is 2.02. The van der Waals surface area contributed by atoms with Gasteiger partial charge >= 0.3 is 0 Å². The van der Waals surface area contributed by atoms with Crippen molar-refractivity contribution in [1.82, 2.24) is 0 Å². The van der Waals surface area contributed by atoms with Gasteiger partial charge < -0.3 is 9.47 Å². The molecule has 0 N–H and O–H groups in total. The fourth-order valence-corrected chi connectivity index (χ4v) is 1.26. The lowest BCUT2D eigenvalue weighted by Gasteiger charge is -2.30. The zero-order chi connectivity index (χ0) is 11.1. The summed E-state index contributed by atoms with van der Waals surface area (Å²) < 4.78 is 36.5. The maximum Gasteiger partial charge on any atom is 0.225 e. The number of hydrogen-bond acceptors (Lipinski definition) is 3. The molecule has 1 aromatic rings. The summed E-state index contributed by atoms with van der Waals surface area (Å²) in [6.45, 7) is 1.32. The number of hydrogen-bond donors (Lipinski definition) is 0. The second kappa shape index (κ2) is 3.09. The Kier molecular flexibility index (Phi) is 2.00. The van der Waals surface area contributed by atoms with Crippen LogP contribution in [0.2, 0.25) is 0 Å². The first kappa shape index (κ1) is 9.71. The summed E-state index contributed by atoms with van der Waals surface area (Å²) in [4.78, 5) is 0. The third kappa shape index (κ3) is 1.48. The Morgan fingerprint density at radius 2 is 1.93 bits per heavy atom. The average molecular weight is 211 g/mol. The van der Waals surface area contributed by atoms with Crippen molar-refractivity contribution >= 4 is 0 Å². The molecule has 0 aliphatic carbocycles. The molecule has 3 nitrogen and oxygen atoms in total. The van der Waals surface area contributed by atoms with Crippen LogP contribution in [-0.4, -0.2) is 12.2 Å². The van der Waals surface area contributed by atoms with Crippen molar-refractivity contribution < 1.29 is 18.3 Å². The predicted molar refractivity (Wildman–Crippen MR) is 46.5 cm³/mol. The van der Waals surface area contributed by atoms with Crippen LogP contribution in [0.25, 0.3) is 0 Å². The summed E-state index contributed by atoms with van der Waals surface area (Å²) in [6.07, 6.45) is 0. The number of ether oxygens (including phenoxy) is 2. The van der Waals surface area contributed by atoms with Crippen molar-refractivity contribution in [3.8, 4) is 17.6 Å². The molecule has 78 valence electrons. The van der Waals surface area contributed by atoms with Gasteiger partial charge in [-0.05, 0) is 19.1 Å². The highest BCUT2D eigenvalue weighted by atomic mass is 19.1. The third-order valence-corrected chi connectivity index (χ3v) is 2.07. The number of rotatable bonds is 0. The average Bonchev–Trinajstić information content (AvgIpc) is 2.24. The van der Waals surface area contributed by atoms with Crippen LogP contribution in [0.1, 0.15) is 6.92 Å². The van der Waals surface area contributed by atoms with Crippen molar-refractivity contribution in [1.29, 1.82) is 5.26 Å². The number of benzene rings is 1. The standard InChI is InChI=1S/C10H7F2NO2/c1-10(4-13)5-14-8-6(11)2-3-7(12)9(8)15-10/h2-3H,5H2,1H3/t10-/m1/s1. The van der Waals surface area contributed by atoms with E-state index in [0.717, 1.165) is 12.1 Å². The quantitative estimate of drug-likeness (QED) is 0.659. The Hall–Kier alpha value is -1.83. The molecule has 0 aromatic heterocycles. The van der Waals surface area contributed by atoms with Crippen molar-refractivity contribution in [2.45, 2.75) is 12.5 Å². The molecule has 0 saturated carbocycles. The molecule has 15 heavy (non-hydrogen) atoms. The Bertz CT molecular complexity index is 455. The molecule has 1 heterocycles. The summed E-state index contributed by atoms with van der Waals surface area (Å²) in [5.41, 5.74) is -1.28. The highest BCUT2D eigenvalue weighted by Crippen LogP contribution is 2.39. The van der Waals surface area contributed by atoms with E-state index < -0.39 is 17.2 Å². The molecule has 0 spiro atoms.